The van der Waals surface area contributed by atoms with Gasteiger partial charge >= 0.3 is 5.97 Å². The molecule has 6 atom stereocenters. The lowest BCUT2D eigenvalue weighted by molar-refractivity contribution is -0.131. The maximum Gasteiger partial charge on any atom is 0.339 e. The number of phenols is 2. The number of para-hydroxylation sites is 1. The van der Waals surface area contributed by atoms with E-state index in [9.17, 15) is 39.3 Å². The number of imide groups is 2. The minimum absolute atomic E-state index is 0.0625. The predicted molar refractivity (Wildman–Crippen MR) is 174 cm³/mol. The van der Waals surface area contributed by atoms with Crippen LogP contribution >= 0.6 is 0 Å². The molecule has 48 heavy (non-hydrogen) atoms. The summed E-state index contributed by atoms with van der Waals surface area (Å²) in [7, 11) is 0. The van der Waals surface area contributed by atoms with Crippen LogP contribution in [0.2, 0.25) is 0 Å². The number of carbonyl (C=O) groups is 5. The van der Waals surface area contributed by atoms with Gasteiger partial charge in [-0.2, -0.15) is 0 Å². The number of fused-ring (bicyclic) bond motifs is 5. The van der Waals surface area contributed by atoms with Crippen LogP contribution in [-0.4, -0.2) is 44.9 Å². The number of carbonyl (C=O) groups excluding carboxylic acids is 4. The number of nitrogens with zero attached hydrogens (tertiary/aromatic N) is 2. The average Bonchev–Trinajstić information content (AvgIpc) is 3.45. The first-order valence-corrected chi connectivity index (χ1v) is 15.8. The summed E-state index contributed by atoms with van der Waals surface area (Å²) in [5, 5.41) is 31.8. The zero-order valence-electron chi connectivity index (χ0n) is 25.7. The van der Waals surface area contributed by atoms with Crippen molar-refractivity contribution < 1.29 is 39.3 Å². The first kappa shape index (κ1) is 29.6. The standard InChI is InChI=1S/C38H30N2O8/c1-38-28(34(44)40(37(38)48)19-7-3-2-4-8-19)18-27-24(32(38)23-15-16-29(41)22-10-6-5-9-21(22)23)13-14-26-31(27)35(45)39(33(26)43)20-11-12-25(36(46)47)30(42)17-20/h2-13,15-17,26-28,31-32,41-42H,14,18H2,1H3,(H,46,47)/t26-,27+,28-,31-,32-,38+/m0/s1. The Hall–Kier alpha value is -5.77. The maximum absolute atomic E-state index is 14.7. The largest absolute Gasteiger partial charge is 0.507 e. The second kappa shape index (κ2) is 10.4. The highest BCUT2D eigenvalue weighted by Gasteiger charge is 2.67. The molecule has 2 heterocycles. The first-order chi connectivity index (χ1) is 23.0. The average molecular weight is 643 g/mol. The molecule has 4 aliphatic rings. The number of benzene rings is 4. The molecular formula is C38H30N2O8. The van der Waals surface area contributed by atoms with Crippen LogP contribution in [0.25, 0.3) is 10.8 Å². The topological polar surface area (TPSA) is 153 Å². The van der Waals surface area contributed by atoms with Gasteiger partial charge in [0, 0.05) is 17.4 Å². The van der Waals surface area contributed by atoms with Crippen LogP contribution in [0.4, 0.5) is 11.4 Å². The quantitative estimate of drug-likeness (QED) is 0.198. The van der Waals surface area contributed by atoms with Crippen molar-refractivity contribution in [2.75, 3.05) is 9.80 Å². The fraction of sp³-hybridized carbons (Fsp3) is 0.237. The van der Waals surface area contributed by atoms with Crippen molar-refractivity contribution >= 4 is 51.7 Å². The van der Waals surface area contributed by atoms with Gasteiger partial charge in [-0.25, -0.2) is 14.6 Å². The summed E-state index contributed by atoms with van der Waals surface area (Å²) in [5.41, 5.74) is 0.453. The van der Waals surface area contributed by atoms with E-state index in [1.807, 2.05) is 31.2 Å². The number of hydrogen-bond donors (Lipinski definition) is 3. The van der Waals surface area contributed by atoms with Crippen molar-refractivity contribution in [1.82, 2.24) is 0 Å². The van der Waals surface area contributed by atoms with Gasteiger partial charge in [-0.15, -0.1) is 0 Å². The van der Waals surface area contributed by atoms with Gasteiger partial charge in [-0.3, -0.25) is 19.2 Å². The Morgan fingerprint density at radius 1 is 0.750 bits per heavy atom. The minimum Gasteiger partial charge on any atom is -0.507 e. The number of aromatic hydroxyl groups is 2. The zero-order chi connectivity index (χ0) is 33.6. The van der Waals surface area contributed by atoms with E-state index < -0.39 is 58.5 Å². The lowest BCUT2D eigenvalue weighted by Crippen LogP contribution is -2.49. The fourth-order valence-corrected chi connectivity index (χ4v) is 8.84. The van der Waals surface area contributed by atoms with Crippen LogP contribution in [0, 0.1) is 29.1 Å². The molecule has 0 radical (unpaired) electrons. The molecule has 0 unspecified atom stereocenters. The lowest BCUT2D eigenvalue weighted by Gasteiger charge is -2.49. The Labute approximate surface area is 274 Å². The molecular weight excluding hydrogens is 612 g/mol. The second-order valence-corrected chi connectivity index (χ2v) is 13.2. The van der Waals surface area contributed by atoms with Crippen molar-refractivity contribution in [3.05, 3.63) is 108 Å². The van der Waals surface area contributed by atoms with E-state index in [1.165, 1.54) is 11.0 Å². The molecule has 0 spiro atoms. The van der Waals surface area contributed by atoms with Crippen LogP contribution in [0.3, 0.4) is 0 Å². The van der Waals surface area contributed by atoms with Gasteiger partial charge in [0.15, 0.2) is 0 Å². The highest BCUT2D eigenvalue weighted by atomic mass is 16.4. The molecule has 2 aliphatic heterocycles. The Balaban J connectivity index is 1.29. The van der Waals surface area contributed by atoms with Gasteiger partial charge in [0.1, 0.15) is 17.1 Å². The number of carboxylic acid groups (broad SMARTS) is 1. The van der Waals surface area contributed by atoms with E-state index in [2.05, 4.69) is 0 Å². The summed E-state index contributed by atoms with van der Waals surface area (Å²) < 4.78 is 0. The smallest absolute Gasteiger partial charge is 0.339 e. The van der Waals surface area contributed by atoms with E-state index >= 15 is 0 Å². The van der Waals surface area contributed by atoms with Crippen molar-refractivity contribution in [3.8, 4) is 11.5 Å². The van der Waals surface area contributed by atoms with E-state index in [0.29, 0.717) is 16.5 Å². The Bertz CT molecular complexity index is 2140. The Morgan fingerprint density at radius 2 is 1.46 bits per heavy atom. The number of aromatic carboxylic acids is 1. The summed E-state index contributed by atoms with van der Waals surface area (Å²) in [6, 6.07) is 23.0. The molecule has 4 aromatic rings. The van der Waals surface area contributed by atoms with Crippen molar-refractivity contribution in [1.29, 1.82) is 0 Å². The van der Waals surface area contributed by atoms with E-state index in [4.69, 9.17) is 0 Å². The van der Waals surface area contributed by atoms with Crippen molar-refractivity contribution in [3.63, 3.8) is 0 Å². The molecule has 240 valence electrons. The third-order valence-electron chi connectivity index (χ3n) is 11.0. The molecule has 10 heteroatoms. The molecule has 1 saturated carbocycles. The normalized spacial score (nSPS) is 27.9. The maximum atomic E-state index is 14.7. The molecule has 2 saturated heterocycles. The van der Waals surface area contributed by atoms with Crippen LogP contribution < -0.4 is 9.80 Å². The van der Waals surface area contributed by atoms with Crippen molar-refractivity contribution in [2.24, 2.45) is 29.1 Å². The van der Waals surface area contributed by atoms with E-state index in [-0.39, 0.29) is 41.7 Å². The highest BCUT2D eigenvalue weighted by Crippen LogP contribution is 2.64. The summed E-state index contributed by atoms with van der Waals surface area (Å²) >= 11 is 0. The highest BCUT2D eigenvalue weighted by molar-refractivity contribution is 6.25. The number of amides is 4. The molecule has 3 fully saturated rings. The molecule has 4 amide bonds. The Morgan fingerprint density at radius 3 is 2.17 bits per heavy atom. The van der Waals surface area contributed by atoms with E-state index in [1.54, 1.807) is 48.5 Å². The lowest BCUT2D eigenvalue weighted by atomic mass is 9.51. The van der Waals surface area contributed by atoms with Gasteiger partial charge in [-0.05, 0) is 67.0 Å². The molecule has 2 aliphatic carbocycles. The number of hydrogen-bond acceptors (Lipinski definition) is 7. The number of phenolic OH excluding ortho intramolecular Hbond substituents is 1. The third kappa shape index (κ3) is 3.89. The summed E-state index contributed by atoms with van der Waals surface area (Å²) in [6.45, 7) is 1.82. The molecule has 0 bridgehead atoms. The summed E-state index contributed by atoms with van der Waals surface area (Å²) in [6.07, 6.45) is 2.33. The SMILES string of the molecule is C[C@@]12C(=O)N(c3ccccc3)C(=O)[C@@H]1C[C@@H]1C(=CC[C@@H]3C(=O)N(c4ccc(C(=O)O)c(O)c4)C(=O)[C@@H]31)[C@@H]2c1ccc(O)c2ccccc12. The predicted octanol–water partition coefficient (Wildman–Crippen LogP) is 5.38. The van der Waals surface area contributed by atoms with Crippen LogP contribution in [0.1, 0.15) is 41.6 Å². The molecule has 10 nitrogen and oxygen atoms in total. The van der Waals surface area contributed by atoms with Gasteiger partial charge in [0.05, 0.1) is 34.5 Å². The van der Waals surface area contributed by atoms with Crippen LogP contribution in [-0.2, 0) is 19.2 Å². The number of rotatable bonds is 4. The van der Waals surface area contributed by atoms with Gasteiger partial charge in [0.2, 0.25) is 23.6 Å². The van der Waals surface area contributed by atoms with Crippen molar-refractivity contribution in [2.45, 2.75) is 25.7 Å². The molecule has 0 aromatic heterocycles. The second-order valence-electron chi connectivity index (χ2n) is 13.2. The van der Waals surface area contributed by atoms with Crippen LogP contribution in [0.5, 0.6) is 11.5 Å². The molecule has 3 N–H and O–H groups in total. The third-order valence-corrected chi connectivity index (χ3v) is 11.0. The number of carboxylic acids is 1. The number of allylic oxidation sites excluding steroid dienone is 2. The molecule has 4 aromatic carbocycles. The van der Waals surface area contributed by atoms with Gasteiger partial charge in [0.25, 0.3) is 0 Å². The number of anilines is 2. The monoisotopic (exact) mass is 642 g/mol. The minimum atomic E-state index is -1.35. The van der Waals surface area contributed by atoms with Gasteiger partial charge in [-0.1, -0.05) is 60.2 Å². The Kier molecular flexibility index (Phi) is 6.40. The van der Waals surface area contributed by atoms with Gasteiger partial charge < -0.3 is 15.3 Å². The molecule has 8 rings (SSSR count). The summed E-state index contributed by atoms with van der Waals surface area (Å²) in [5.74, 6) is -7.17. The summed E-state index contributed by atoms with van der Waals surface area (Å²) in [4.78, 5) is 71.0. The van der Waals surface area contributed by atoms with E-state index in [0.717, 1.165) is 28.2 Å². The first-order valence-electron chi connectivity index (χ1n) is 15.8. The van der Waals surface area contributed by atoms with Crippen LogP contribution in [0.15, 0.2) is 96.6 Å². The zero-order valence-corrected chi connectivity index (χ0v) is 25.7. The fourth-order valence-electron chi connectivity index (χ4n) is 8.84.